The lowest BCUT2D eigenvalue weighted by atomic mass is 10.2. The smallest absolute Gasteiger partial charge is 0.251 e. The first kappa shape index (κ1) is 12.0. The van der Waals surface area contributed by atoms with Gasteiger partial charge in [0.2, 0.25) is 5.95 Å². The van der Waals surface area contributed by atoms with Crippen LogP contribution in [0, 0.1) is 5.95 Å². The van der Waals surface area contributed by atoms with Crippen molar-refractivity contribution in [3.8, 4) is 0 Å². The molecule has 0 bridgehead atoms. The van der Waals surface area contributed by atoms with Crippen molar-refractivity contribution < 1.29 is 9.18 Å². The van der Waals surface area contributed by atoms with Crippen LogP contribution in [0.3, 0.4) is 0 Å². The Labute approximate surface area is 99.8 Å². The molecule has 4 nitrogen and oxygen atoms in total. The van der Waals surface area contributed by atoms with E-state index >= 15 is 0 Å². The van der Waals surface area contributed by atoms with Crippen LogP contribution in [0.5, 0.6) is 0 Å². The topological polar surface area (TPSA) is 45.2 Å². The average Bonchev–Trinajstić information content (AvgIpc) is 3.12. The summed E-state index contributed by atoms with van der Waals surface area (Å²) in [6.45, 7) is 1.40. The third-order valence-corrected chi connectivity index (χ3v) is 2.91. The highest BCUT2D eigenvalue weighted by Crippen LogP contribution is 2.24. The number of pyridine rings is 1. The molecular weight excluding hydrogens is 221 g/mol. The van der Waals surface area contributed by atoms with E-state index in [4.69, 9.17) is 0 Å². The molecule has 1 aromatic rings. The van der Waals surface area contributed by atoms with E-state index in [1.165, 1.54) is 25.1 Å². The van der Waals surface area contributed by atoms with E-state index in [2.05, 4.69) is 22.2 Å². The summed E-state index contributed by atoms with van der Waals surface area (Å²) in [4.78, 5) is 17.3. The zero-order chi connectivity index (χ0) is 12.3. The second kappa shape index (κ2) is 5.23. The van der Waals surface area contributed by atoms with Crippen molar-refractivity contribution in [1.82, 2.24) is 15.2 Å². The van der Waals surface area contributed by atoms with Crippen molar-refractivity contribution >= 4 is 5.91 Å². The maximum atomic E-state index is 12.8. The van der Waals surface area contributed by atoms with Gasteiger partial charge in [-0.05, 0) is 26.0 Å². The molecule has 1 saturated carbocycles. The van der Waals surface area contributed by atoms with Crippen molar-refractivity contribution in [1.29, 1.82) is 0 Å². The summed E-state index contributed by atoms with van der Waals surface area (Å²) < 4.78 is 12.8. The van der Waals surface area contributed by atoms with Gasteiger partial charge in [0, 0.05) is 37.0 Å². The Morgan fingerprint density at radius 3 is 3.06 bits per heavy atom. The SMILES string of the molecule is CN(CCNC(=O)c1ccnc(F)c1)C1CC1. The van der Waals surface area contributed by atoms with Crippen molar-refractivity contribution in [3.63, 3.8) is 0 Å². The molecule has 17 heavy (non-hydrogen) atoms. The van der Waals surface area contributed by atoms with Crippen LogP contribution in [0.15, 0.2) is 18.3 Å². The molecule has 1 fully saturated rings. The van der Waals surface area contributed by atoms with Crippen LogP contribution >= 0.6 is 0 Å². The van der Waals surface area contributed by atoms with Crippen LogP contribution in [0.4, 0.5) is 4.39 Å². The van der Waals surface area contributed by atoms with Crippen LogP contribution in [-0.4, -0.2) is 42.0 Å². The number of rotatable bonds is 5. The second-order valence-corrected chi connectivity index (χ2v) is 4.33. The van der Waals surface area contributed by atoms with Crippen LogP contribution < -0.4 is 5.32 Å². The third-order valence-electron chi connectivity index (χ3n) is 2.91. The van der Waals surface area contributed by atoms with E-state index in [1.807, 2.05) is 0 Å². The highest BCUT2D eigenvalue weighted by atomic mass is 19.1. The van der Waals surface area contributed by atoms with E-state index in [1.54, 1.807) is 0 Å². The zero-order valence-corrected chi connectivity index (χ0v) is 9.82. The number of carbonyl (C=O) groups excluding carboxylic acids is 1. The van der Waals surface area contributed by atoms with E-state index in [-0.39, 0.29) is 5.91 Å². The molecule has 0 spiro atoms. The average molecular weight is 237 g/mol. The first-order valence-corrected chi connectivity index (χ1v) is 5.77. The van der Waals surface area contributed by atoms with Crippen molar-refractivity contribution in [2.45, 2.75) is 18.9 Å². The fourth-order valence-electron chi connectivity index (χ4n) is 1.69. The third kappa shape index (κ3) is 3.49. The van der Waals surface area contributed by atoms with Gasteiger partial charge in [0.15, 0.2) is 0 Å². The fraction of sp³-hybridized carbons (Fsp3) is 0.500. The molecule has 0 aromatic carbocycles. The Hall–Kier alpha value is -1.49. The normalized spacial score (nSPS) is 15.0. The van der Waals surface area contributed by atoms with Crippen LogP contribution in [0.25, 0.3) is 0 Å². The number of likely N-dealkylation sites (N-methyl/N-ethyl adjacent to an activating group) is 1. The maximum absolute atomic E-state index is 12.8. The van der Waals surface area contributed by atoms with Gasteiger partial charge in [-0.3, -0.25) is 4.79 Å². The minimum absolute atomic E-state index is 0.254. The Kier molecular flexibility index (Phi) is 3.68. The number of nitrogens with zero attached hydrogens (tertiary/aromatic N) is 2. The van der Waals surface area contributed by atoms with E-state index in [9.17, 15) is 9.18 Å². The first-order chi connectivity index (χ1) is 8.16. The van der Waals surface area contributed by atoms with Crippen molar-refractivity contribution in [3.05, 3.63) is 29.8 Å². The number of amides is 1. The van der Waals surface area contributed by atoms with E-state index < -0.39 is 5.95 Å². The standard InChI is InChI=1S/C12H16FN3O/c1-16(10-2-3-10)7-6-15-12(17)9-4-5-14-11(13)8-9/h4-5,8,10H,2-3,6-7H2,1H3,(H,15,17). The molecule has 5 heteroatoms. The molecule has 0 unspecified atom stereocenters. The molecule has 1 heterocycles. The second-order valence-electron chi connectivity index (χ2n) is 4.33. The van der Waals surface area contributed by atoms with E-state index in [0.717, 1.165) is 12.6 Å². The number of hydrogen-bond acceptors (Lipinski definition) is 3. The van der Waals surface area contributed by atoms with Gasteiger partial charge < -0.3 is 10.2 Å². The molecule has 1 amide bonds. The van der Waals surface area contributed by atoms with Crippen molar-refractivity contribution in [2.24, 2.45) is 0 Å². The first-order valence-electron chi connectivity index (χ1n) is 5.77. The summed E-state index contributed by atoms with van der Waals surface area (Å²) in [5.41, 5.74) is 0.312. The summed E-state index contributed by atoms with van der Waals surface area (Å²) in [6, 6.07) is 3.33. The molecule has 1 aromatic heterocycles. The minimum atomic E-state index is -0.632. The molecule has 0 radical (unpaired) electrons. The van der Waals surface area contributed by atoms with Gasteiger partial charge >= 0.3 is 0 Å². The number of carbonyl (C=O) groups is 1. The van der Waals surface area contributed by atoms with Gasteiger partial charge in [0.1, 0.15) is 0 Å². The molecule has 0 aliphatic heterocycles. The fourth-order valence-corrected chi connectivity index (χ4v) is 1.69. The Balaban J connectivity index is 1.76. The number of halogens is 1. The Bertz CT molecular complexity index is 406. The molecule has 1 N–H and O–H groups in total. The molecule has 0 atom stereocenters. The van der Waals surface area contributed by atoms with Gasteiger partial charge in [-0.1, -0.05) is 0 Å². The largest absolute Gasteiger partial charge is 0.351 e. The number of hydrogen-bond donors (Lipinski definition) is 1. The molecule has 1 aliphatic carbocycles. The zero-order valence-electron chi connectivity index (χ0n) is 9.82. The minimum Gasteiger partial charge on any atom is -0.351 e. The summed E-state index contributed by atoms with van der Waals surface area (Å²) >= 11 is 0. The molecule has 1 aliphatic rings. The quantitative estimate of drug-likeness (QED) is 0.778. The highest BCUT2D eigenvalue weighted by molar-refractivity contribution is 5.93. The molecular formula is C12H16FN3O. The van der Waals surface area contributed by atoms with Gasteiger partial charge in [0.05, 0.1) is 0 Å². The Morgan fingerprint density at radius 1 is 1.65 bits per heavy atom. The summed E-state index contributed by atoms with van der Waals surface area (Å²) in [7, 11) is 2.05. The molecule has 2 rings (SSSR count). The summed E-state index contributed by atoms with van der Waals surface area (Å²) in [6.07, 6.45) is 3.79. The number of aromatic nitrogens is 1. The summed E-state index contributed by atoms with van der Waals surface area (Å²) in [5.74, 6) is -0.886. The van der Waals surface area contributed by atoms with Gasteiger partial charge in [-0.25, -0.2) is 4.98 Å². The van der Waals surface area contributed by atoms with E-state index in [0.29, 0.717) is 18.2 Å². The number of nitrogens with one attached hydrogen (secondary N) is 1. The van der Waals surface area contributed by atoms with Gasteiger partial charge in [-0.2, -0.15) is 4.39 Å². The van der Waals surface area contributed by atoms with Crippen molar-refractivity contribution in [2.75, 3.05) is 20.1 Å². The van der Waals surface area contributed by atoms with Crippen LogP contribution in [0.1, 0.15) is 23.2 Å². The van der Waals surface area contributed by atoms with Crippen LogP contribution in [0.2, 0.25) is 0 Å². The Morgan fingerprint density at radius 2 is 2.41 bits per heavy atom. The lowest BCUT2D eigenvalue weighted by Crippen LogP contribution is -2.34. The van der Waals surface area contributed by atoms with Gasteiger partial charge in [0.25, 0.3) is 5.91 Å². The summed E-state index contributed by atoms with van der Waals surface area (Å²) in [5, 5.41) is 2.76. The maximum Gasteiger partial charge on any atom is 0.251 e. The highest BCUT2D eigenvalue weighted by Gasteiger charge is 2.25. The monoisotopic (exact) mass is 237 g/mol. The van der Waals surface area contributed by atoms with Gasteiger partial charge in [-0.15, -0.1) is 0 Å². The molecule has 92 valence electrons. The lowest BCUT2D eigenvalue weighted by Gasteiger charge is -2.15. The predicted octanol–water partition coefficient (Wildman–Crippen LogP) is 1.04. The van der Waals surface area contributed by atoms with Crippen LogP contribution in [-0.2, 0) is 0 Å². The lowest BCUT2D eigenvalue weighted by molar-refractivity contribution is 0.0949. The molecule has 0 saturated heterocycles. The predicted molar refractivity (Wildman–Crippen MR) is 62.2 cm³/mol.